The van der Waals surface area contributed by atoms with E-state index in [1.54, 1.807) is 6.92 Å². The Morgan fingerprint density at radius 2 is 2.00 bits per heavy atom. The number of aryl methyl sites for hydroxylation is 1. The van der Waals surface area contributed by atoms with Crippen molar-refractivity contribution in [3.05, 3.63) is 40.1 Å². The summed E-state index contributed by atoms with van der Waals surface area (Å²) in [6.07, 6.45) is -0.181. The van der Waals surface area contributed by atoms with Gasteiger partial charge in [0.15, 0.2) is 5.13 Å². The van der Waals surface area contributed by atoms with Crippen LogP contribution in [-0.4, -0.2) is 27.0 Å². The normalized spacial score (nSPS) is 11.0. The zero-order valence-corrected chi connectivity index (χ0v) is 14.9. The van der Waals surface area contributed by atoms with Crippen molar-refractivity contribution in [1.29, 1.82) is 0 Å². The Morgan fingerprint density at radius 1 is 1.25 bits per heavy atom. The molecule has 2 heterocycles. The highest BCUT2D eigenvalue weighted by Gasteiger charge is 2.18. The fourth-order valence-corrected chi connectivity index (χ4v) is 3.18. The molecule has 0 atom stereocenters. The van der Waals surface area contributed by atoms with Gasteiger partial charge in [0.05, 0.1) is 17.3 Å². The van der Waals surface area contributed by atoms with Crippen LogP contribution in [0.4, 0.5) is 10.9 Å². The molecule has 3 rings (SSSR count). The van der Waals surface area contributed by atoms with Crippen LogP contribution in [0.1, 0.15) is 29.2 Å². The number of ether oxygens (including phenoxy) is 1. The molecule has 1 aromatic carbocycles. The second-order valence-electron chi connectivity index (χ2n) is 5.37. The number of benzene rings is 1. The van der Waals surface area contributed by atoms with Crippen LogP contribution in [-0.2, 0) is 4.74 Å². The number of esters is 1. The largest absolute Gasteiger partial charge is 0.459 e. The molecule has 6 nitrogen and oxygen atoms in total. The van der Waals surface area contributed by atoms with E-state index in [-0.39, 0.29) is 17.4 Å². The van der Waals surface area contributed by atoms with E-state index in [2.05, 4.69) is 20.3 Å². The van der Waals surface area contributed by atoms with Crippen LogP contribution in [0.5, 0.6) is 0 Å². The molecule has 0 amide bonds. The first-order valence-corrected chi connectivity index (χ1v) is 8.51. The van der Waals surface area contributed by atoms with E-state index in [1.165, 1.54) is 11.3 Å². The van der Waals surface area contributed by atoms with Crippen molar-refractivity contribution in [1.82, 2.24) is 15.0 Å². The monoisotopic (exact) mass is 362 g/mol. The highest BCUT2D eigenvalue weighted by atomic mass is 35.5. The molecular weight excluding hydrogens is 348 g/mol. The van der Waals surface area contributed by atoms with Crippen LogP contribution < -0.4 is 5.32 Å². The molecular formula is C16H15ClN4O2S. The van der Waals surface area contributed by atoms with Gasteiger partial charge in [0.25, 0.3) is 0 Å². The SMILES string of the molecule is Cc1nc(Nc2nc(Cl)nc3ccccc23)sc1C(=O)OC(C)C. The van der Waals surface area contributed by atoms with Crippen LogP contribution in [0.15, 0.2) is 24.3 Å². The maximum atomic E-state index is 12.1. The summed E-state index contributed by atoms with van der Waals surface area (Å²) < 4.78 is 5.23. The second kappa shape index (κ2) is 6.70. The third kappa shape index (κ3) is 3.47. The van der Waals surface area contributed by atoms with Crippen molar-refractivity contribution in [3.63, 3.8) is 0 Å². The van der Waals surface area contributed by atoms with Crippen molar-refractivity contribution in [2.45, 2.75) is 26.9 Å². The average Bonchev–Trinajstić information content (AvgIpc) is 2.87. The molecule has 0 radical (unpaired) electrons. The minimum Gasteiger partial charge on any atom is -0.459 e. The number of halogens is 1. The minimum absolute atomic E-state index is 0.143. The quantitative estimate of drug-likeness (QED) is 0.549. The molecule has 24 heavy (non-hydrogen) atoms. The molecule has 3 aromatic rings. The highest BCUT2D eigenvalue weighted by Crippen LogP contribution is 2.29. The fourth-order valence-electron chi connectivity index (χ4n) is 2.15. The van der Waals surface area contributed by atoms with Gasteiger partial charge in [0, 0.05) is 5.39 Å². The summed E-state index contributed by atoms with van der Waals surface area (Å²) in [5.74, 6) is 0.168. The number of anilines is 2. The molecule has 0 aliphatic rings. The first kappa shape index (κ1) is 16.6. The highest BCUT2D eigenvalue weighted by molar-refractivity contribution is 7.17. The Hall–Kier alpha value is -2.25. The van der Waals surface area contributed by atoms with Gasteiger partial charge in [-0.3, -0.25) is 0 Å². The van der Waals surface area contributed by atoms with E-state index < -0.39 is 0 Å². The maximum Gasteiger partial charge on any atom is 0.350 e. The van der Waals surface area contributed by atoms with Crippen molar-refractivity contribution in [2.75, 3.05) is 5.32 Å². The van der Waals surface area contributed by atoms with Gasteiger partial charge in [-0.1, -0.05) is 23.5 Å². The Bertz CT molecular complexity index is 910. The number of aromatic nitrogens is 3. The minimum atomic E-state index is -0.376. The summed E-state index contributed by atoms with van der Waals surface area (Å²) in [5, 5.41) is 4.63. The number of hydrogen-bond acceptors (Lipinski definition) is 7. The van der Waals surface area contributed by atoms with Gasteiger partial charge >= 0.3 is 5.97 Å². The Kier molecular flexibility index (Phi) is 4.64. The summed E-state index contributed by atoms with van der Waals surface area (Å²) in [6.45, 7) is 5.38. The maximum absolute atomic E-state index is 12.1. The Morgan fingerprint density at radius 3 is 2.75 bits per heavy atom. The van der Waals surface area contributed by atoms with Crippen LogP contribution in [0.2, 0.25) is 5.28 Å². The molecule has 124 valence electrons. The number of carbonyl (C=O) groups is 1. The number of carbonyl (C=O) groups excluding carboxylic acids is 1. The third-order valence-corrected chi connectivity index (χ3v) is 4.35. The van der Waals surface area contributed by atoms with Gasteiger partial charge < -0.3 is 10.1 Å². The predicted octanol–water partition coefficient (Wildman–Crippen LogP) is 4.36. The number of fused-ring (bicyclic) bond motifs is 1. The summed E-state index contributed by atoms with van der Waals surface area (Å²) in [5.41, 5.74) is 1.34. The van der Waals surface area contributed by atoms with Crippen LogP contribution in [0, 0.1) is 6.92 Å². The van der Waals surface area contributed by atoms with E-state index in [4.69, 9.17) is 16.3 Å². The lowest BCUT2D eigenvalue weighted by Gasteiger charge is -2.06. The number of nitrogens with zero attached hydrogens (tertiary/aromatic N) is 3. The number of para-hydroxylation sites is 1. The van der Waals surface area contributed by atoms with Gasteiger partial charge in [0.2, 0.25) is 5.28 Å². The van der Waals surface area contributed by atoms with Crippen LogP contribution >= 0.6 is 22.9 Å². The zero-order valence-electron chi connectivity index (χ0n) is 13.3. The number of hydrogen-bond donors (Lipinski definition) is 1. The molecule has 1 N–H and O–H groups in total. The van der Waals surface area contributed by atoms with E-state index >= 15 is 0 Å². The van der Waals surface area contributed by atoms with E-state index in [0.29, 0.717) is 21.5 Å². The second-order valence-corrected chi connectivity index (χ2v) is 6.71. The summed E-state index contributed by atoms with van der Waals surface area (Å²) in [4.78, 5) is 25.3. The molecule has 2 aromatic heterocycles. The fraction of sp³-hybridized carbons (Fsp3) is 0.250. The standard InChI is InChI=1S/C16H15ClN4O2S/c1-8(2)23-14(22)12-9(3)18-16(24-12)21-13-10-6-4-5-7-11(10)19-15(17)20-13/h4-8H,1-3H3,(H,18,19,20,21). The van der Waals surface area contributed by atoms with Crippen molar-refractivity contribution >= 4 is 50.8 Å². The van der Waals surface area contributed by atoms with Crippen molar-refractivity contribution in [3.8, 4) is 0 Å². The topological polar surface area (TPSA) is 77.0 Å². The molecule has 0 aliphatic heterocycles. The smallest absolute Gasteiger partial charge is 0.350 e. The third-order valence-electron chi connectivity index (χ3n) is 3.13. The number of nitrogens with one attached hydrogen (secondary N) is 1. The zero-order chi connectivity index (χ0) is 17.3. The van der Waals surface area contributed by atoms with Gasteiger partial charge in [-0.05, 0) is 44.5 Å². The molecule has 0 saturated carbocycles. The Balaban J connectivity index is 1.94. The lowest BCUT2D eigenvalue weighted by molar-refractivity contribution is 0.0382. The van der Waals surface area contributed by atoms with E-state index in [0.717, 1.165) is 10.9 Å². The van der Waals surface area contributed by atoms with Gasteiger partial charge in [-0.15, -0.1) is 0 Å². The van der Waals surface area contributed by atoms with Crippen LogP contribution in [0.25, 0.3) is 10.9 Å². The van der Waals surface area contributed by atoms with Gasteiger partial charge in [-0.25, -0.2) is 14.8 Å². The van der Waals surface area contributed by atoms with E-state index in [1.807, 2.05) is 38.1 Å². The van der Waals surface area contributed by atoms with Crippen molar-refractivity contribution < 1.29 is 9.53 Å². The molecule has 0 spiro atoms. The van der Waals surface area contributed by atoms with Crippen molar-refractivity contribution in [2.24, 2.45) is 0 Å². The lowest BCUT2D eigenvalue weighted by Crippen LogP contribution is -2.11. The van der Waals surface area contributed by atoms with Gasteiger partial charge in [-0.2, -0.15) is 4.98 Å². The van der Waals surface area contributed by atoms with E-state index in [9.17, 15) is 4.79 Å². The van der Waals surface area contributed by atoms with Gasteiger partial charge in [0.1, 0.15) is 10.7 Å². The number of thiazole rings is 1. The Labute approximate surface area is 147 Å². The molecule has 0 unspecified atom stereocenters. The first-order chi connectivity index (χ1) is 11.4. The number of rotatable bonds is 4. The predicted molar refractivity (Wildman–Crippen MR) is 95.2 cm³/mol. The summed E-state index contributed by atoms with van der Waals surface area (Å²) in [6, 6.07) is 7.52. The summed E-state index contributed by atoms with van der Waals surface area (Å²) in [7, 11) is 0. The molecule has 0 fully saturated rings. The van der Waals surface area contributed by atoms with Crippen LogP contribution in [0.3, 0.4) is 0 Å². The molecule has 8 heteroatoms. The lowest BCUT2D eigenvalue weighted by atomic mass is 10.2. The average molecular weight is 363 g/mol. The molecule has 0 saturated heterocycles. The molecule has 0 bridgehead atoms. The first-order valence-electron chi connectivity index (χ1n) is 7.31. The summed E-state index contributed by atoms with van der Waals surface area (Å²) >= 11 is 7.20. The molecule has 0 aliphatic carbocycles.